The van der Waals surface area contributed by atoms with Gasteiger partial charge >= 0.3 is 0 Å². The summed E-state index contributed by atoms with van der Waals surface area (Å²) in [7, 11) is 2.06. The van der Waals surface area contributed by atoms with Gasteiger partial charge in [-0.15, -0.1) is 0 Å². The molecular weight excluding hydrogens is 246 g/mol. The monoisotopic (exact) mass is 275 g/mol. The van der Waals surface area contributed by atoms with E-state index in [9.17, 15) is 0 Å². The standard InChI is InChI=1S/C18H29NO/c1-3-8-15-11-13-16(14-12-15)20-18-10-7-5-4-6-9-17(18)19-2/h11-14,17-19H,3-10H2,1-2H3. The summed E-state index contributed by atoms with van der Waals surface area (Å²) >= 11 is 0. The highest BCUT2D eigenvalue weighted by Crippen LogP contribution is 2.23. The molecule has 0 bridgehead atoms. The van der Waals surface area contributed by atoms with Crippen LogP contribution in [0.5, 0.6) is 5.75 Å². The minimum atomic E-state index is 0.317. The molecule has 2 nitrogen and oxygen atoms in total. The van der Waals surface area contributed by atoms with E-state index < -0.39 is 0 Å². The van der Waals surface area contributed by atoms with E-state index in [4.69, 9.17) is 4.74 Å². The van der Waals surface area contributed by atoms with E-state index >= 15 is 0 Å². The number of nitrogens with one attached hydrogen (secondary N) is 1. The van der Waals surface area contributed by atoms with Gasteiger partial charge in [-0.05, 0) is 50.4 Å². The van der Waals surface area contributed by atoms with Gasteiger partial charge in [0, 0.05) is 6.04 Å². The number of likely N-dealkylation sites (N-methyl/N-ethyl adjacent to an activating group) is 1. The van der Waals surface area contributed by atoms with Crippen LogP contribution in [-0.2, 0) is 6.42 Å². The highest BCUT2D eigenvalue weighted by Gasteiger charge is 2.22. The van der Waals surface area contributed by atoms with Gasteiger partial charge in [-0.25, -0.2) is 0 Å². The van der Waals surface area contributed by atoms with Crippen molar-refractivity contribution in [2.45, 2.75) is 70.4 Å². The fraction of sp³-hybridized carbons (Fsp3) is 0.667. The molecule has 1 N–H and O–H groups in total. The molecule has 1 fully saturated rings. The summed E-state index contributed by atoms with van der Waals surface area (Å²) in [6.45, 7) is 2.22. The van der Waals surface area contributed by atoms with Crippen molar-refractivity contribution in [3.05, 3.63) is 29.8 Å². The van der Waals surface area contributed by atoms with Gasteiger partial charge < -0.3 is 10.1 Å². The second-order valence-electron chi connectivity index (χ2n) is 5.94. The van der Waals surface area contributed by atoms with Gasteiger partial charge in [-0.2, -0.15) is 0 Å². The number of hydrogen-bond acceptors (Lipinski definition) is 2. The molecule has 0 spiro atoms. The van der Waals surface area contributed by atoms with E-state index in [0.29, 0.717) is 12.1 Å². The maximum atomic E-state index is 6.26. The van der Waals surface area contributed by atoms with Crippen molar-refractivity contribution in [1.82, 2.24) is 5.32 Å². The van der Waals surface area contributed by atoms with Crippen LogP contribution in [0.15, 0.2) is 24.3 Å². The van der Waals surface area contributed by atoms with Crippen LogP contribution >= 0.6 is 0 Å². The van der Waals surface area contributed by atoms with Crippen molar-refractivity contribution in [2.24, 2.45) is 0 Å². The first-order chi connectivity index (χ1) is 9.83. The molecule has 1 aliphatic rings. The van der Waals surface area contributed by atoms with Crippen LogP contribution in [0.2, 0.25) is 0 Å². The Morgan fingerprint density at radius 3 is 2.40 bits per heavy atom. The fourth-order valence-electron chi connectivity index (χ4n) is 3.12. The van der Waals surface area contributed by atoms with Gasteiger partial charge in [0.25, 0.3) is 0 Å². The van der Waals surface area contributed by atoms with E-state index in [2.05, 4.69) is 43.6 Å². The maximum absolute atomic E-state index is 6.26. The molecule has 1 aromatic rings. The van der Waals surface area contributed by atoms with Gasteiger partial charge in [0.05, 0.1) is 0 Å². The molecular formula is C18H29NO. The lowest BCUT2D eigenvalue weighted by molar-refractivity contribution is 0.131. The zero-order valence-electron chi connectivity index (χ0n) is 13.0. The minimum absolute atomic E-state index is 0.317. The van der Waals surface area contributed by atoms with Crippen LogP contribution in [0.25, 0.3) is 0 Å². The first-order valence-corrected chi connectivity index (χ1v) is 8.26. The molecule has 1 aliphatic carbocycles. The average molecular weight is 275 g/mol. The van der Waals surface area contributed by atoms with Gasteiger partial charge in [0.1, 0.15) is 11.9 Å². The Hall–Kier alpha value is -1.02. The molecule has 0 radical (unpaired) electrons. The Kier molecular flexibility index (Phi) is 6.38. The Morgan fingerprint density at radius 2 is 1.75 bits per heavy atom. The van der Waals surface area contributed by atoms with Crippen molar-refractivity contribution in [3.8, 4) is 5.75 Å². The third-order valence-electron chi connectivity index (χ3n) is 4.32. The lowest BCUT2D eigenvalue weighted by Gasteiger charge is -2.29. The molecule has 0 aliphatic heterocycles. The van der Waals surface area contributed by atoms with Crippen molar-refractivity contribution in [1.29, 1.82) is 0 Å². The molecule has 0 heterocycles. The van der Waals surface area contributed by atoms with Crippen LogP contribution in [-0.4, -0.2) is 19.2 Å². The molecule has 2 heteroatoms. The van der Waals surface area contributed by atoms with E-state index in [0.717, 1.165) is 12.2 Å². The Balaban J connectivity index is 1.97. The number of aryl methyl sites for hydroxylation is 1. The highest BCUT2D eigenvalue weighted by atomic mass is 16.5. The Morgan fingerprint density at radius 1 is 1.05 bits per heavy atom. The molecule has 1 aromatic carbocycles. The summed E-state index contributed by atoms with van der Waals surface area (Å²) in [4.78, 5) is 0. The molecule has 1 saturated carbocycles. The van der Waals surface area contributed by atoms with Crippen LogP contribution in [0, 0.1) is 0 Å². The lowest BCUT2D eigenvalue weighted by atomic mass is 9.94. The molecule has 112 valence electrons. The lowest BCUT2D eigenvalue weighted by Crippen LogP contribution is -2.41. The summed E-state index contributed by atoms with van der Waals surface area (Å²) in [6.07, 6.45) is 10.4. The molecule has 2 rings (SSSR count). The maximum Gasteiger partial charge on any atom is 0.119 e. The van der Waals surface area contributed by atoms with Crippen LogP contribution in [0.3, 0.4) is 0 Å². The largest absolute Gasteiger partial charge is 0.489 e. The smallest absolute Gasteiger partial charge is 0.119 e. The van der Waals surface area contributed by atoms with Crippen LogP contribution < -0.4 is 10.1 Å². The van der Waals surface area contributed by atoms with Gasteiger partial charge in [0.2, 0.25) is 0 Å². The third kappa shape index (κ3) is 4.52. The fourth-order valence-corrected chi connectivity index (χ4v) is 3.12. The second-order valence-corrected chi connectivity index (χ2v) is 5.94. The molecule has 0 amide bonds. The number of ether oxygens (including phenoxy) is 1. The predicted octanol–water partition coefficient (Wildman–Crippen LogP) is 4.33. The Labute approximate surface area is 123 Å². The van der Waals surface area contributed by atoms with Crippen molar-refractivity contribution in [2.75, 3.05) is 7.05 Å². The van der Waals surface area contributed by atoms with Gasteiger partial charge in [0.15, 0.2) is 0 Å². The molecule has 0 saturated heterocycles. The summed E-state index contributed by atoms with van der Waals surface area (Å²) < 4.78 is 6.26. The molecule has 2 unspecified atom stereocenters. The topological polar surface area (TPSA) is 21.3 Å². The van der Waals surface area contributed by atoms with Crippen LogP contribution in [0.4, 0.5) is 0 Å². The first kappa shape index (κ1) is 15.4. The predicted molar refractivity (Wildman–Crippen MR) is 85.4 cm³/mol. The third-order valence-corrected chi connectivity index (χ3v) is 4.32. The summed E-state index contributed by atoms with van der Waals surface area (Å²) in [5.74, 6) is 1.02. The van der Waals surface area contributed by atoms with Gasteiger partial charge in [-0.1, -0.05) is 44.7 Å². The second kappa shape index (κ2) is 8.31. The van der Waals surface area contributed by atoms with E-state index in [1.54, 1.807) is 0 Å². The molecule has 20 heavy (non-hydrogen) atoms. The van der Waals surface area contributed by atoms with Gasteiger partial charge in [-0.3, -0.25) is 0 Å². The van der Waals surface area contributed by atoms with E-state index in [1.807, 2.05) is 0 Å². The van der Waals surface area contributed by atoms with Crippen molar-refractivity contribution < 1.29 is 4.74 Å². The number of rotatable bonds is 5. The van der Waals surface area contributed by atoms with Crippen LogP contribution in [0.1, 0.15) is 57.4 Å². The Bertz CT molecular complexity index is 374. The summed E-state index contributed by atoms with van der Waals surface area (Å²) in [5, 5.41) is 3.45. The molecule has 0 aromatic heterocycles. The number of hydrogen-bond donors (Lipinski definition) is 1. The number of benzene rings is 1. The zero-order valence-corrected chi connectivity index (χ0v) is 13.0. The normalized spacial score (nSPS) is 23.9. The quantitative estimate of drug-likeness (QED) is 0.863. The van der Waals surface area contributed by atoms with Crippen molar-refractivity contribution in [3.63, 3.8) is 0 Å². The minimum Gasteiger partial charge on any atom is -0.489 e. The first-order valence-electron chi connectivity index (χ1n) is 8.26. The summed E-state index contributed by atoms with van der Waals surface area (Å²) in [6, 6.07) is 9.17. The summed E-state index contributed by atoms with van der Waals surface area (Å²) in [5.41, 5.74) is 1.41. The molecule has 2 atom stereocenters. The van der Waals surface area contributed by atoms with E-state index in [1.165, 1.54) is 50.5 Å². The SMILES string of the molecule is CCCc1ccc(OC2CCCCCCC2NC)cc1. The van der Waals surface area contributed by atoms with Crippen molar-refractivity contribution >= 4 is 0 Å². The average Bonchev–Trinajstić information content (AvgIpc) is 2.44. The van der Waals surface area contributed by atoms with E-state index in [-0.39, 0.29) is 0 Å². The zero-order chi connectivity index (χ0) is 14.2. The highest BCUT2D eigenvalue weighted by molar-refractivity contribution is 5.27.